The first-order valence-corrected chi connectivity index (χ1v) is 9.15. The first-order chi connectivity index (χ1) is 13.6. The van der Waals surface area contributed by atoms with Crippen molar-refractivity contribution < 1.29 is 18.7 Å². The molecule has 1 fully saturated rings. The van der Waals surface area contributed by atoms with Crippen LogP contribution in [0.4, 0.5) is 5.82 Å². The summed E-state index contributed by atoms with van der Waals surface area (Å²) in [6.45, 7) is -0.495. The number of para-hydroxylation sites is 1. The Labute approximate surface area is 160 Å². The van der Waals surface area contributed by atoms with Crippen molar-refractivity contribution >= 4 is 28.7 Å². The number of nitrogens with zero attached hydrogens (tertiary/aromatic N) is 2. The van der Waals surface area contributed by atoms with Gasteiger partial charge in [-0.1, -0.05) is 25.0 Å². The molecule has 1 aromatic carbocycles. The molecule has 8 nitrogen and oxygen atoms in total. The van der Waals surface area contributed by atoms with Crippen LogP contribution in [-0.4, -0.2) is 28.3 Å². The van der Waals surface area contributed by atoms with E-state index in [1.165, 1.54) is 0 Å². The van der Waals surface area contributed by atoms with Crippen LogP contribution in [0, 0.1) is 0 Å². The van der Waals surface area contributed by atoms with Crippen LogP contribution in [0.3, 0.4) is 0 Å². The number of carbonyl (C=O) groups excluding carboxylic acids is 2. The fraction of sp³-hybridized carbons (Fsp3) is 0.300. The lowest BCUT2D eigenvalue weighted by Gasteiger charge is -2.14. The standard InChI is InChI=1S/C20H19N3O5/c24-15-11-17(28-16-8-4-3-7-14(15)16)20(26)27-12-19(25)22-18-9-10-21-23(18)13-5-1-2-6-13/h3-4,7-11,13H,1-2,5-6,12H2,(H,22,25). The summed E-state index contributed by atoms with van der Waals surface area (Å²) in [5, 5.41) is 7.36. The Morgan fingerprint density at radius 1 is 1.21 bits per heavy atom. The number of amides is 1. The highest BCUT2D eigenvalue weighted by Gasteiger charge is 2.21. The molecule has 0 radical (unpaired) electrons. The number of benzene rings is 1. The van der Waals surface area contributed by atoms with E-state index in [1.54, 1.807) is 41.2 Å². The number of hydrogen-bond acceptors (Lipinski definition) is 6. The highest BCUT2D eigenvalue weighted by molar-refractivity contribution is 5.94. The zero-order chi connectivity index (χ0) is 19.5. The van der Waals surface area contributed by atoms with Gasteiger partial charge in [0.15, 0.2) is 12.0 Å². The molecular weight excluding hydrogens is 362 g/mol. The van der Waals surface area contributed by atoms with Crippen LogP contribution < -0.4 is 10.7 Å². The second-order valence-electron chi connectivity index (χ2n) is 6.69. The highest BCUT2D eigenvalue weighted by Crippen LogP contribution is 2.31. The van der Waals surface area contributed by atoms with Crippen molar-refractivity contribution in [2.24, 2.45) is 0 Å². The van der Waals surface area contributed by atoms with E-state index in [0.717, 1.165) is 31.7 Å². The summed E-state index contributed by atoms with van der Waals surface area (Å²) in [6, 6.07) is 9.65. The number of ether oxygens (including phenoxy) is 1. The lowest BCUT2D eigenvalue weighted by Crippen LogP contribution is -2.23. The number of anilines is 1. The second-order valence-corrected chi connectivity index (χ2v) is 6.69. The lowest BCUT2D eigenvalue weighted by atomic mass is 10.2. The molecule has 4 rings (SSSR count). The van der Waals surface area contributed by atoms with Crippen molar-refractivity contribution in [3.8, 4) is 0 Å². The quantitative estimate of drug-likeness (QED) is 0.682. The van der Waals surface area contributed by atoms with Gasteiger partial charge in [-0.25, -0.2) is 9.48 Å². The topological polar surface area (TPSA) is 103 Å². The van der Waals surface area contributed by atoms with Crippen molar-refractivity contribution in [3.05, 3.63) is 58.6 Å². The smallest absolute Gasteiger partial charge is 0.374 e. The number of hydrogen-bond donors (Lipinski definition) is 1. The summed E-state index contributed by atoms with van der Waals surface area (Å²) in [4.78, 5) is 36.4. The number of aromatic nitrogens is 2. The summed E-state index contributed by atoms with van der Waals surface area (Å²) in [7, 11) is 0. The molecule has 3 aromatic rings. The predicted molar refractivity (Wildman–Crippen MR) is 101 cm³/mol. The lowest BCUT2D eigenvalue weighted by molar-refractivity contribution is -0.119. The number of rotatable bonds is 5. The van der Waals surface area contributed by atoms with Crippen molar-refractivity contribution in [1.82, 2.24) is 9.78 Å². The van der Waals surface area contributed by atoms with Gasteiger partial charge in [0.2, 0.25) is 5.76 Å². The second kappa shape index (κ2) is 7.67. The Morgan fingerprint density at radius 3 is 2.82 bits per heavy atom. The van der Waals surface area contributed by atoms with Gasteiger partial charge in [-0.05, 0) is 25.0 Å². The minimum atomic E-state index is -0.873. The van der Waals surface area contributed by atoms with E-state index < -0.39 is 18.5 Å². The van der Waals surface area contributed by atoms with Crippen LogP contribution in [-0.2, 0) is 9.53 Å². The Kier molecular flexibility index (Phi) is 4.92. The molecule has 1 aliphatic carbocycles. The predicted octanol–water partition coefficient (Wildman–Crippen LogP) is 2.90. The van der Waals surface area contributed by atoms with E-state index in [4.69, 9.17) is 9.15 Å². The molecular formula is C20H19N3O5. The van der Waals surface area contributed by atoms with E-state index in [2.05, 4.69) is 10.4 Å². The fourth-order valence-corrected chi connectivity index (χ4v) is 3.44. The number of nitrogens with one attached hydrogen (secondary N) is 1. The van der Waals surface area contributed by atoms with Gasteiger partial charge in [0.1, 0.15) is 11.4 Å². The van der Waals surface area contributed by atoms with Gasteiger partial charge in [-0.2, -0.15) is 5.10 Å². The normalized spacial score (nSPS) is 14.3. The maximum Gasteiger partial charge on any atom is 0.374 e. The minimum Gasteiger partial charge on any atom is -0.450 e. The van der Waals surface area contributed by atoms with Gasteiger partial charge >= 0.3 is 5.97 Å². The number of fused-ring (bicyclic) bond motifs is 1. The molecule has 0 saturated heterocycles. The van der Waals surface area contributed by atoms with Crippen molar-refractivity contribution in [2.75, 3.05) is 11.9 Å². The van der Waals surface area contributed by atoms with Crippen molar-refractivity contribution in [2.45, 2.75) is 31.7 Å². The van der Waals surface area contributed by atoms with Gasteiger partial charge in [-0.3, -0.25) is 9.59 Å². The van der Waals surface area contributed by atoms with Crippen LogP contribution in [0.5, 0.6) is 0 Å². The third-order valence-corrected chi connectivity index (χ3v) is 4.78. The SMILES string of the molecule is O=C(COC(=O)c1cc(=O)c2ccccc2o1)Nc1ccnn1C1CCCC1. The Balaban J connectivity index is 1.39. The zero-order valence-electron chi connectivity index (χ0n) is 15.1. The van der Waals surface area contributed by atoms with Gasteiger partial charge in [0, 0.05) is 12.1 Å². The van der Waals surface area contributed by atoms with Crippen LogP contribution in [0.25, 0.3) is 11.0 Å². The molecule has 28 heavy (non-hydrogen) atoms. The Morgan fingerprint density at radius 2 is 2.00 bits per heavy atom. The molecule has 2 heterocycles. The zero-order valence-corrected chi connectivity index (χ0v) is 15.1. The molecule has 1 aliphatic rings. The molecule has 8 heteroatoms. The highest BCUT2D eigenvalue weighted by atomic mass is 16.5. The van der Waals surface area contributed by atoms with Crippen LogP contribution in [0.15, 0.2) is 51.8 Å². The van der Waals surface area contributed by atoms with Crippen LogP contribution in [0.1, 0.15) is 42.3 Å². The molecule has 0 atom stereocenters. The molecule has 1 amide bonds. The molecule has 0 bridgehead atoms. The summed E-state index contributed by atoms with van der Waals surface area (Å²) < 4.78 is 12.2. The third kappa shape index (κ3) is 3.66. The van der Waals surface area contributed by atoms with Crippen LogP contribution in [0.2, 0.25) is 0 Å². The number of esters is 1. The average molecular weight is 381 g/mol. The van der Waals surface area contributed by atoms with Crippen molar-refractivity contribution in [3.63, 3.8) is 0 Å². The Hall–Kier alpha value is -3.42. The van der Waals surface area contributed by atoms with E-state index in [0.29, 0.717) is 11.2 Å². The fourth-order valence-electron chi connectivity index (χ4n) is 3.44. The summed E-state index contributed by atoms with van der Waals surface area (Å²) in [6.07, 6.45) is 5.98. The van der Waals surface area contributed by atoms with Gasteiger partial charge in [0.05, 0.1) is 17.6 Å². The van der Waals surface area contributed by atoms with Gasteiger partial charge in [-0.15, -0.1) is 0 Å². The molecule has 2 aromatic heterocycles. The third-order valence-electron chi connectivity index (χ3n) is 4.78. The molecule has 1 N–H and O–H groups in total. The van der Waals surface area contributed by atoms with E-state index in [9.17, 15) is 14.4 Å². The van der Waals surface area contributed by atoms with E-state index in [-0.39, 0.29) is 22.8 Å². The first-order valence-electron chi connectivity index (χ1n) is 9.15. The molecule has 1 saturated carbocycles. The van der Waals surface area contributed by atoms with Gasteiger partial charge < -0.3 is 14.5 Å². The van der Waals surface area contributed by atoms with Crippen molar-refractivity contribution in [1.29, 1.82) is 0 Å². The minimum absolute atomic E-state index is 0.243. The first kappa shape index (κ1) is 18.0. The molecule has 0 spiro atoms. The molecule has 144 valence electrons. The molecule has 0 unspecified atom stereocenters. The summed E-state index contributed by atoms with van der Waals surface area (Å²) in [5.74, 6) is -1.03. The average Bonchev–Trinajstić information content (AvgIpc) is 3.37. The van der Waals surface area contributed by atoms with E-state index in [1.807, 2.05) is 0 Å². The van der Waals surface area contributed by atoms with E-state index >= 15 is 0 Å². The summed E-state index contributed by atoms with van der Waals surface area (Å²) in [5.41, 5.74) is -0.0643. The van der Waals surface area contributed by atoms with Crippen LogP contribution >= 0.6 is 0 Å². The maximum absolute atomic E-state index is 12.2. The monoisotopic (exact) mass is 381 g/mol. The molecule has 0 aliphatic heterocycles. The largest absolute Gasteiger partial charge is 0.450 e. The summed E-state index contributed by atoms with van der Waals surface area (Å²) >= 11 is 0. The Bertz CT molecular complexity index is 1080. The van der Waals surface area contributed by atoms with Gasteiger partial charge in [0.25, 0.3) is 5.91 Å². The number of carbonyl (C=O) groups is 2. The maximum atomic E-state index is 12.2.